The Kier molecular flexibility index (Phi) is 8.78. The van der Waals surface area contributed by atoms with Gasteiger partial charge in [0.2, 0.25) is 5.75 Å². The van der Waals surface area contributed by atoms with Gasteiger partial charge in [-0.1, -0.05) is 18.2 Å². The molecule has 2 atom stereocenters. The Labute approximate surface area is 281 Å². The lowest BCUT2D eigenvalue weighted by Crippen LogP contribution is -2.34. The third kappa shape index (κ3) is 5.77. The molecule has 0 aromatic heterocycles. The monoisotopic (exact) mass is 722 g/mol. The first-order chi connectivity index (χ1) is 21.3. The number of nitrogens with zero attached hydrogens (tertiary/aromatic N) is 2. The minimum atomic E-state index is -0.101. The van der Waals surface area contributed by atoms with Gasteiger partial charge >= 0.3 is 0 Å². The van der Waals surface area contributed by atoms with Gasteiger partial charge in [-0.3, -0.25) is 9.80 Å². The summed E-state index contributed by atoms with van der Waals surface area (Å²) in [5, 5.41) is 22.3. The van der Waals surface area contributed by atoms with E-state index in [4.69, 9.17) is 18.9 Å². The van der Waals surface area contributed by atoms with Crippen molar-refractivity contribution in [3.63, 3.8) is 0 Å². The molecule has 6 bridgehead atoms. The fourth-order valence-electron chi connectivity index (χ4n) is 6.93. The molecule has 0 fully saturated rings. The minimum Gasteiger partial charge on any atom is -0.504 e. The molecule has 0 amide bonds. The number of aromatic hydroxyl groups is 2. The van der Waals surface area contributed by atoms with Crippen LogP contribution in [0.3, 0.4) is 0 Å². The van der Waals surface area contributed by atoms with Gasteiger partial charge in [-0.05, 0) is 110 Å². The maximum Gasteiger partial charge on any atom is 0.201 e. The maximum atomic E-state index is 11.4. The van der Waals surface area contributed by atoms with Crippen molar-refractivity contribution < 1.29 is 29.2 Å². The summed E-state index contributed by atoms with van der Waals surface area (Å²) in [6.07, 6.45) is 3.11. The smallest absolute Gasteiger partial charge is 0.201 e. The molecular weight excluding hydrogens is 683 g/mol. The number of rotatable bonds is 2. The van der Waals surface area contributed by atoms with Crippen molar-refractivity contribution in [3.05, 3.63) is 94.0 Å². The van der Waals surface area contributed by atoms with Gasteiger partial charge < -0.3 is 29.2 Å². The fraction of sp³-hybridized carbons (Fsp3) is 0.333. The lowest BCUT2D eigenvalue weighted by atomic mass is 9.87. The Bertz CT molecular complexity index is 1730. The van der Waals surface area contributed by atoms with Crippen LogP contribution in [0.15, 0.2) is 60.7 Å². The predicted molar refractivity (Wildman–Crippen MR) is 183 cm³/mol. The van der Waals surface area contributed by atoms with Crippen LogP contribution in [0.25, 0.3) is 0 Å². The highest BCUT2D eigenvalue weighted by molar-refractivity contribution is 14.0. The molecule has 0 unspecified atom stereocenters. The average Bonchev–Trinajstić information content (AvgIpc) is 3.03. The van der Waals surface area contributed by atoms with Gasteiger partial charge in [0.1, 0.15) is 5.75 Å². The van der Waals surface area contributed by atoms with Gasteiger partial charge in [0.25, 0.3) is 0 Å². The largest absolute Gasteiger partial charge is 0.504 e. The number of hydrogen-bond acceptors (Lipinski definition) is 8. The number of phenolic OH excluding ortho intramolecular Hbond substituents is 2. The molecule has 4 aromatic carbocycles. The van der Waals surface area contributed by atoms with Crippen LogP contribution in [0.1, 0.15) is 45.5 Å². The third-order valence-corrected chi connectivity index (χ3v) is 9.46. The zero-order valence-corrected chi connectivity index (χ0v) is 28.3. The molecule has 4 aliphatic rings. The average molecular weight is 723 g/mol. The number of hydrogen-bond donors (Lipinski definition) is 2. The van der Waals surface area contributed by atoms with Crippen molar-refractivity contribution in [2.24, 2.45) is 0 Å². The van der Waals surface area contributed by atoms with E-state index < -0.39 is 0 Å². The van der Waals surface area contributed by atoms with Crippen molar-refractivity contribution in [2.45, 2.75) is 37.8 Å². The van der Waals surface area contributed by atoms with E-state index in [2.05, 4.69) is 48.2 Å². The normalized spacial score (nSPS) is 19.2. The van der Waals surface area contributed by atoms with Crippen molar-refractivity contribution in [1.82, 2.24) is 9.80 Å². The second-order valence-corrected chi connectivity index (χ2v) is 12.1. The molecule has 45 heavy (non-hydrogen) atoms. The molecule has 4 heterocycles. The third-order valence-electron chi connectivity index (χ3n) is 9.46. The predicted octanol–water partition coefficient (Wildman–Crippen LogP) is 7.17. The molecule has 0 saturated carbocycles. The van der Waals surface area contributed by atoms with Crippen molar-refractivity contribution in [1.29, 1.82) is 0 Å². The number of methoxy groups -OCH3 is 2. The Hall–Kier alpha value is -3.67. The van der Waals surface area contributed by atoms with E-state index in [-0.39, 0.29) is 47.6 Å². The highest BCUT2D eigenvalue weighted by Crippen LogP contribution is 2.50. The van der Waals surface area contributed by atoms with E-state index in [1.165, 1.54) is 16.7 Å². The van der Waals surface area contributed by atoms with Crippen molar-refractivity contribution in [2.75, 3.05) is 41.4 Å². The van der Waals surface area contributed by atoms with E-state index in [1.54, 1.807) is 20.3 Å². The first-order valence-electron chi connectivity index (χ1n) is 15.1. The van der Waals surface area contributed by atoms with Crippen molar-refractivity contribution >= 4 is 24.0 Å². The van der Waals surface area contributed by atoms with Gasteiger partial charge in [0.05, 0.1) is 14.2 Å². The number of likely N-dealkylation sites (N-methyl/N-ethyl adjacent to an activating group) is 2. The van der Waals surface area contributed by atoms with Gasteiger partial charge in [-0.25, -0.2) is 0 Å². The molecule has 0 saturated heterocycles. The summed E-state index contributed by atoms with van der Waals surface area (Å²) in [7, 11) is 7.45. The summed E-state index contributed by atoms with van der Waals surface area (Å²) in [5.41, 5.74) is 6.58. The summed E-state index contributed by atoms with van der Waals surface area (Å²) in [6, 6.07) is 19.7. The Morgan fingerprint density at radius 2 is 1.36 bits per heavy atom. The van der Waals surface area contributed by atoms with Crippen LogP contribution in [-0.2, 0) is 25.7 Å². The highest BCUT2D eigenvalue weighted by Gasteiger charge is 2.33. The summed E-state index contributed by atoms with van der Waals surface area (Å²) < 4.78 is 24.3. The summed E-state index contributed by atoms with van der Waals surface area (Å²) in [5.74, 6) is 3.08. The van der Waals surface area contributed by atoms with Crippen LogP contribution >= 0.6 is 24.0 Å². The second-order valence-electron chi connectivity index (χ2n) is 12.1. The van der Waals surface area contributed by atoms with E-state index in [0.29, 0.717) is 40.9 Å². The number of fused-ring (bicyclic) bond motifs is 2. The first-order valence-corrected chi connectivity index (χ1v) is 15.1. The zero-order valence-electron chi connectivity index (χ0n) is 26.0. The van der Waals surface area contributed by atoms with E-state index in [9.17, 15) is 10.2 Å². The molecular formula is C36H39IN2O6. The lowest BCUT2D eigenvalue weighted by Gasteiger charge is -2.36. The van der Waals surface area contributed by atoms with E-state index in [0.717, 1.165) is 49.0 Å². The molecule has 4 aromatic rings. The summed E-state index contributed by atoms with van der Waals surface area (Å²) in [4.78, 5) is 4.65. The van der Waals surface area contributed by atoms with Crippen molar-refractivity contribution in [3.8, 4) is 46.0 Å². The van der Waals surface area contributed by atoms with Crippen LogP contribution in [0, 0.1) is 0 Å². The summed E-state index contributed by atoms with van der Waals surface area (Å²) in [6.45, 7) is 1.77. The molecule has 0 aliphatic carbocycles. The minimum absolute atomic E-state index is 0. The van der Waals surface area contributed by atoms with Gasteiger partial charge in [0.15, 0.2) is 34.5 Å². The Balaban J connectivity index is 0.00000357. The SMILES string of the molecule is COc1cc2c3cc1Oc1cc(ccc1O)C[C@H]1c4c(cc(OC)c(O)c4Oc4ccc(cc4)C[C@@H]3N(C)CC2)CCN1C.I. The van der Waals surface area contributed by atoms with E-state index in [1.807, 2.05) is 30.3 Å². The standard InChI is InChI=1S/C36H38N2O6.HI/c1-37-13-11-23-18-31(41-3)32-20-26(23)27(37)15-21-5-8-25(9-6-21)43-36-34-24(19-33(42-4)35(36)40)12-14-38(2)28(34)16-22-7-10-29(39)30(17-22)44-32;/h5-10,17-20,27-28,39-40H,11-16H2,1-4H3;1H/t27-,28-;/m0./s1. The fourth-order valence-corrected chi connectivity index (χ4v) is 6.93. The molecule has 0 radical (unpaired) electrons. The lowest BCUT2D eigenvalue weighted by molar-refractivity contribution is 0.222. The van der Waals surface area contributed by atoms with Gasteiger partial charge in [-0.15, -0.1) is 24.0 Å². The Morgan fingerprint density at radius 1 is 0.711 bits per heavy atom. The van der Waals surface area contributed by atoms with Crippen LogP contribution in [0.4, 0.5) is 0 Å². The number of ether oxygens (including phenoxy) is 4. The number of halogens is 1. The molecule has 8 rings (SSSR count). The first kappa shape index (κ1) is 31.3. The molecule has 8 nitrogen and oxygen atoms in total. The quantitative estimate of drug-likeness (QED) is 0.211. The maximum absolute atomic E-state index is 11.4. The van der Waals surface area contributed by atoms with E-state index >= 15 is 0 Å². The topological polar surface area (TPSA) is 83.9 Å². The molecule has 4 aliphatic heterocycles. The Morgan fingerprint density at radius 3 is 2.09 bits per heavy atom. The summed E-state index contributed by atoms with van der Waals surface area (Å²) >= 11 is 0. The molecule has 0 spiro atoms. The van der Waals surface area contributed by atoms with Crippen LogP contribution < -0.4 is 18.9 Å². The molecule has 9 heteroatoms. The molecule has 2 N–H and O–H groups in total. The zero-order chi connectivity index (χ0) is 30.5. The second kappa shape index (κ2) is 12.6. The number of phenols is 2. The van der Waals surface area contributed by atoms with Gasteiger partial charge in [0, 0.05) is 30.7 Å². The number of benzene rings is 4. The van der Waals surface area contributed by atoms with Crippen LogP contribution in [0.5, 0.6) is 46.0 Å². The van der Waals surface area contributed by atoms with Gasteiger partial charge in [-0.2, -0.15) is 0 Å². The van der Waals surface area contributed by atoms with Crippen LogP contribution in [0.2, 0.25) is 0 Å². The highest BCUT2D eigenvalue weighted by atomic mass is 127. The molecule has 236 valence electrons. The van der Waals surface area contributed by atoms with Crippen LogP contribution in [-0.4, -0.2) is 61.4 Å².